The van der Waals surface area contributed by atoms with Gasteiger partial charge in [0.1, 0.15) is 0 Å². The molecule has 0 aromatic rings. The molecule has 0 radical (unpaired) electrons. The molecule has 1 aliphatic rings. The second kappa shape index (κ2) is 6.76. The van der Waals surface area contributed by atoms with Crippen LogP contribution in [0.25, 0.3) is 0 Å². The average Bonchev–Trinajstić information content (AvgIpc) is 2.21. The Morgan fingerprint density at radius 1 is 0.778 bits per heavy atom. The van der Waals surface area contributed by atoms with Crippen molar-refractivity contribution in [2.24, 2.45) is 0 Å². The standard InChI is InChI=1S/C6H7N.C2H4/c1-2-4-6-7-5-3-1;1-2/h1-7H;1-2H2. The summed E-state index contributed by atoms with van der Waals surface area (Å²) in [4.78, 5) is 0. The summed E-state index contributed by atoms with van der Waals surface area (Å²) in [5.74, 6) is 0. The van der Waals surface area contributed by atoms with E-state index in [1.165, 1.54) is 0 Å². The van der Waals surface area contributed by atoms with Crippen molar-refractivity contribution < 1.29 is 0 Å². The summed E-state index contributed by atoms with van der Waals surface area (Å²) in [5.41, 5.74) is 0. The zero-order chi connectivity index (χ0) is 6.95. The summed E-state index contributed by atoms with van der Waals surface area (Å²) < 4.78 is 0. The number of rotatable bonds is 0. The van der Waals surface area contributed by atoms with Gasteiger partial charge in [-0.05, 0) is 12.2 Å². The van der Waals surface area contributed by atoms with Crippen molar-refractivity contribution in [1.29, 1.82) is 0 Å². The molecule has 0 saturated carbocycles. The van der Waals surface area contributed by atoms with Gasteiger partial charge < -0.3 is 5.32 Å². The topological polar surface area (TPSA) is 12.0 Å². The third kappa shape index (κ3) is 4.62. The normalized spacial score (nSPS) is 12.9. The van der Waals surface area contributed by atoms with E-state index in [-0.39, 0.29) is 0 Å². The number of hydrogen-bond acceptors (Lipinski definition) is 1. The number of allylic oxidation sites excluding steroid dienone is 4. The van der Waals surface area contributed by atoms with Gasteiger partial charge in [0.15, 0.2) is 0 Å². The molecule has 0 aliphatic carbocycles. The monoisotopic (exact) mass is 121 g/mol. The molecule has 1 heterocycles. The molecule has 0 fully saturated rings. The first-order chi connectivity index (χ1) is 4.50. The van der Waals surface area contributed by atoms with Gasteiger partial charge in [-0.15, -0.1) is 13.2 Å². The van der Waals surface area contributed by atoms with Crippen molar-refractivity contribution in [3.63, 3.8) is 0 Å². The summed E-state index contributed by atoms with van der Waals surface area (Å²) in [6, 6.07) is 0. The van der Waals surface area contributed by atoms with Crippen LogP contribution < -0.4 is 5.32 Å². The first-order valence-corrected chi connectivity index (χ1v) is 2.74. The van der Waals surface area contributed by atoms with E-state index in [1.54, 1.807) is 0 Å². The summed E-state index contributed by atoms with van der Waals surface area (Å²) in [5, 5.41) is 2.92. The highest BCUT2D eigenvalue weighted by Gasteiger charge is 1.67. The first kappa shape index (κ1) is 7.76. The third-order valence-corrected chi connectivity index (χ3v) is 0.718. The van der Waals surface area contributed by atoms with Gasteiger partial charge in [-0.3, -0.25) is 0 Å². The van der Waals surface area contributed by atoms with E-state index < -0.39 is 0 Å². The summed E-state index contributed by atoms with van der Waals surface area (Å²) >= 11 is 0. The zero-order valence-electron chi connectivity index (χ0n) is 5.38. The Bertz CT molecular complexity index is 118. The molecule has 9 heavy (non-hydrogen) atoms. The van der Waals surface area contributed by atoms with Crippen molar-refractivity contribution in [2.75, 3.05) is 0 Å². The van der Waals surface area contributed by atoms with Crippen LogP contribution in [0.15, 0.2) is 49.9 Å². The van der Waals surface area contributed by atoms with Crippen LogP contribution in [0.4, 0.5) is 0 Å². The van der Waals surface area contributed by atoms with Crippen molar-refractivity contribution in [1.82, 2.24) is 5.32 Å². The minimum atomic E-state index is 1.88. The fourth-order valence-corrected chi connectivity index (χ4v) is 0.406. The SMILES string of the molecule is C1=CC=CNC=C1.C=C. The molecule has 48 valence electrons. The van der Waals surface area contributed by atoms with Gasteiger partial charge in [0.05, 0.1) is 0 Å². The lowest BCUT2D eigenvalue weighted by Gasteiger charge is -1.79. The lowest BCUT2D eigenvalue weighted by molar-refractivity contribution is 1.20. The molecule has 0 spiro atoms. The number of hydrogen-bond donors (Lipinski definition) is 1. The van der Waals surface area contributed by atoms with Crippen LogP contribution in [0.3, 0.4) is 0 Å². The highest BCUT2D eigenvalue weighted by atomic mass is 14.8. The van der Waals surface area contributed by atoms with E-state index in [2.05, 4.69) is 18.5 Å². The van der Waals surface area contributed by atoms with E-state index in [0.717, 1.165) is 0 Å². The van der Waals surface area contributed by atoms with Gasteiger partial charge in [-0.25, -0.2) is 0 Å². The molecule has 1 heteroatoms. The first-order valence-electron chi connectivity index (χ1n) is 2.74. The van der Waals surface area contributed by atoms with Gasteiger partial charge >= 0.3 is 0 Å². The fraction of sp³-hybridized carbons (Fsp3) is 0. The fourth-order valence-electron chi connectivity index (χ4n) is 0.406. The quantitative estimate of drug-likeness (QED) is 0.483. The van der Waals surface area contributed by atoms with Crippen LogP contribution in [0, 0.1) is 0 Å². The summed E-state index contributed by atoms with van der Waals surface area (Å²) in [7, 11) is 0. The Balaban J connectivity index is 0.000000291. The second-order valence-corrected chi connectivity index (χ2v) is 1.27. The summed E-state index contributed by atoms with van der Waals surface area (Å²) in [6.07, 6.45) is 11.6. The highest BCUT2D eigenvalue weighted by Crippen LogP contribution is 1.81. The molecule has 1 nitrogen and oxygen atoms in total. The van der Waals surface area contributed by atoms with Crippen molar-refractivity contribution >= 4 is 0 Å². The molecular weight excluding hydrogens is 110 g/mol. The van der Waals surface area contributed by atoms with Crippen molar-refractivity contribution in [3.8, 4) is 0 Å². The largest absolute Gasteiger partial charge is 0.368 e. The molecule has 0 bridgehead atoms. The van der Waals surface area contributed by atoms with Gasteiger partial charge in [0.2, 0.25) is 0 Å². The van der Waals surface area contributed by atoms with Crippen molar-refractivity contribution in [2.45, 2.75) is 0 Å². The van der Waals surface area contributed by atoms with Gasteiger partial charge in [0, 0.05) is 12.4 Å². The lowest BCUT2D eigenvalue weighted by atomic mass is 10.5. The zero-order valence-corrected chi connectivity index (χ0v) is 5.38. The van der Waals surface area contributed by atoms with Crippen LogP contribution in [-0.4, -0.2) is 0 Å². The number of nitrogens with one attached hydrogen (secondary N) is 1. The minimum absolute atomic E-state index is 1.88. The Morgan fingerprint density at radius 3 is 1.67 bits per heavy atom. The maximum absolute atomic E-state index is 3.00. The molecule has 0 atom stereocenters. The van der Waals surface area contributed by atoms with E-state index in [0.29, 0.717) is 0 Å². The van der Waals surface area contributed by atoms with Crippen LogP contribution in [-0.2, 0) is 0 Å². The Labute approximate surface area is 56.1 Å². The van der Waals surface area contributed by atoms with Crippen LogP contribution >= 0.6 is 0 Å². The van der Waals surface area contributed by atoms with Gasteiger partial charge in [-0.2, -0.15) is 0 Å². The molecule has 0 amide bonds. The highest BCUT2D eigenvalue weighted by molar-refractivity contribution is 5.14. The Hall–Kier alpha value is -1.24. The van der Waals surface area contributed by atoms with Gasteiger partial charge in [0.25, 0.3) is 0 Å². The molecule has 1 rings (SSSR count). The summed E-state index contributed by atoms with van der Waals surface area (Å²) in [6.45, 7) is 6.00. The van der Waals surface area contributed by atoms with Crippen LogP contribution in [0.5, 0.6) is 0 Å². The molecule has 0 unspecified atom stereocenters. The minimum Gasteiger partial charge on any atom is -0.368 e. The van der Waals surface area contributed by atoms with E-state index in [9.17, 15) is 0 Å². The average molecular weight is 121 g/mol. The molecule has 1 aliphatic heterocycles. The van der Waals surface area contributed by atoms with E-state index in [4.69, 9.17) is 0 Å². The second-order valence-electron chi connectivity index (χ2n) is 1.27. The van der Waals surface area contributed by atoms with E-state index in [1.807, 2.05) is 36.7 Å². The van der Waals surface area contributed by atoms with Crippen LogP contribution in [0.2, 0.25) is 0 Å². The Morgan fingerprint density at radius 2 is 1.22 bits per heavy atom. The molecular formula is C8H11N. The maximum Gasteiger partial charge on any atom is 0.000442 e. The molecule has 0 aromatic carbocycles. The predicted octanol–water partition coefficient (Wildman–Crippen LogP) is 1.98. The van der Waals surface area contributed by atoms with E-state index >= 15 is 0 Å². The van der Waals surface area contributed by atoms with Crippen molar-refractivity contribution in [3.05, 3.63) is 49.9 Å². The predicted molar refractivity (Wildman–Crippen MR) is 41.8 cm³/mol. The Kier molecular flexibility index (Phi) is 5.83. The molecule has 1 N–H and O–H groups in total. The van der Waals surface area contributed by atoms with Gasteiger partial charge in [-0.1, -0.05) is 12.2 Å². The molecule has 0 aromatic heterocycles. The maximum atomic E-state index is 3.00. The third-order valence-electron chi connectivity index (χ3n) is 0.718. The lowest BCUT2D eigenvalue weighted by Crippen LogP contribution is -1.87. The molecule has 0 saturated heterocycles. The smallest absolute Gasteiger partial charge is 0.000442 e. The van der Waals surface area contributed by atoms with Crippen LogP contribution in [0.1, 0.15) is 0 Å².